The molecule has 5 nitrogen and oxygen atoms in total. The number of hydrogen-bond donors (Lipinski definition) is 0. The summed E-state index contributed by atoms with van der Waals surface area (Å²) in [5.74, 6) is 1.46. The number of phosphoric ester groups is 1. The van der Waals surface area contributed by atoms with E-state index in [1.165, 1.54) is 5.56 Å². The van der Waals surface area contributed by atoms with Crippen LogP contribution >= 0.6 is 7.82 Å². The van der Waals surface area contributed by atoms with E-state index in [-0.39, 0.29) is 35.3 Å². The van der Waals surface area contributed by atoms with Gasteiger partial charge in [-0.2, -0.15) is 0 Å². The molecule has 1 atom stereocenters. The first kappa shape index (κ1) is 26.5. The first-order valence-corrected chi connectivity index (χ1v) is 11.6. The minimum Gasteiger partial charge on any atom is -0.736 e. The molecular formula is C25H28NaO5P. The van der Waals surface area contributed by atoms with Gasteiger partial charge in [-0.3, -0.25) is 0 Å². The van der Waals surface area contributed by atoms with Gasteiger partial charge in [-0.05, 0) is 86.1 Å². The van der Waals surface area contributed by atoms with Crippen molar-refractivity contribution in [2.45, 2.75) is 40.5 Å². The van der Waals surface area contributed by atoms with Crippen LogP contribution in [0.2, 0.25) is 0 Å². The summed E-state index contributed by atoms with van der Waals surface area (Å²) >= 11 is 0. The summed E-state index contributed by atoms with van der Waals surface area (Å²) in [7, 11) is -2.86. The van der Waals surface area contributed by atoms with E-state index in [1.54, 1.807) is 37.4 Å². The molecule has 0 saturated heterocycles. The van der Waals surface area contributed by atoms with Gasteiger partial charge < -0.3 is 18.7 Å². The van der Waals surface area contributed by atoms with Crippen LogP contribution in [0.1, 0.15) is 33.4 Å². The van der Waals surface area contributed by atoms with E-state index in [2.05, 4.69) is 26.0 Å². The Hall–Kier alpha value is -1.75. The number of rotatable bonds is 8. The minimum atomic E-state index is -4.55. The smallest absolute Gasteiger partial charge is 0.736 e. The van der Waals surface area contributed by atoms with Crippen molar-refractivity contribution in [2.24, 2.45) is 0 Å². The van der Waals surface area contributed by atoms with Crippen LogP contribution in [0.25, 0.3) is 0 Å². The zero-order valence-corrected chi connectivity index (χ0v) is 22.5. The van der Waals surface area contributed by atoms with Gasteiger partial charge in [0.05, 0.1) is 7.11 Å². The second-order valence-corrected chi connectivity index (χ2v) is 9.02. The Morgan fingerprint density at radius 1 is 0.750 bits per heavy atom. The van der Waals surface area contributed by atoms with Crippen molar-refractivity contribution >= 4 is 7.82 Å². The quantitative estimate of drug-likeness (QED) is 0.380. The van der Waals surface area contributed by atoms with Crippen LogP contribution in [0.15, 0.2) is 54.6 Å². The molecule has 0 saturated carbocycles. The molecule has 0 aromatic heterocycles. The first-order chi connectivity index (χ1) is 14.7. The topological polar surface area (TPSA) is 67.8 Å². The van der Waals surface area contributed by atoms with Crippen LogP contribution in [0.3, 0.4) is 0 Å². The third-order valence-corrected chi connectivity index (χ3v) is 5.95. The van der Waals surface area contributed by atoms with Crippen LogP contribution in [0.5, 0.6) is 17.2 Å². The van der Waals surface area contributed by atoms with E-state index in [4.69, 9.17) is 13.8 Å². The second kappa shape index (κ2) is 11.4. The standard InChI is InChI=1S/C25H29O5P.Na/c1-17-13-21(14-18(2)24(17)28-5)11-12-22-15-19(3)25(20(4)16-22)30-31(26,27)29-23-9-7-6-8-10-23;/h6-10,13-16H,11-12H2,1-5H3,(H,26,27);/q;+1/p-1. The molecule has 32 heavy (non-hydrogen) atoms. The van der Waals surface area contributed by atoms with Gasteiger partial charge in [0.15, 0.2) is 0 Å². The van der Waals surface area contributed by atoms with E-state index < -0.39 is 7.82 Å². The van der Waals surface area contributed by atoms with Crippen molar-refractivity contribution in [1.29, 1.82) is 0 Å². The van der Waals surface area contributed by atoms with Gasteiger partial charge in [-0.15, -0.1) is 0 Å². The zero-order chi connectivity index (χ0) is 22.6. The average Bonchev–Trinajstić information content (AvgIpc) is 2.69. The Kier molecular flexibility index (Phi) is 9.44. The predicted molar refractivity (Wildman–Crippen MR) is 121 cm³/mol. The molecule has 0 fully saturated rings. The molecule has 1 unspecified atom stereocenters. The number of ether oxygens (including phenoxy) is 1. The Labute approximate surface area is 212 Å². The molecule has 0 amide bonds. The third kappa shape index (κ3) is 6.87. The molecule has 0 aliphatic carbocycles. The fourth-order valence-corrected chi connectivity index (χ4v) is 4.79. The fourth-order valence-electron chi connectivity index (χ4n) is 3.86. The third-order valence-electron chi connectivity index (χ3n) is 5.11. The number of benzene rings is 3. The Balaban J connectivity index is 0.00000363. The second-order valence-electron chi connectivity index (χ2n) is 7.76. The number of methoxy groups -OCH3 is 1. The van der Waals surface area contributed by atoms with Crippen molar-refractivity contribution in [1.82, 2.24) is 0 Å². The van der Waals surface area contributed by atoms with E-state index in [9.17, 15) is 9.46 Å². The largest absolute Gasteiger partial charge is 1.00 e. The number of aryl methyl sites for hydroxylation is 6. The zero-order valence-electron chi connectivity index (χ0n) is 19.6. The van der Waals surface area contributed by atoms with Gasteiger partial charge >= 0.3 is 37.4 Å². The molecule has 164 valence electrons. The molecule has 3 aromatic carbocycles. The molecule has 3 rings (SSSR count). The van der Waals surface area contributed by atoms with E-state index >= 15 is 0 Å². The summed E-state index contributed by atoms with van der Waals surface area (Å²) in [5, 5.41) is 0. The van der Waals surface area contributed by atoms with Gasteiger partial charge in [-0.25, -0.2) is 4.57 Å². The van der Waals surface area contributed by atoms with E-state index in [0.29, 0.717) is 5.75 Å². The molecule has 0 aliphatic heterocycles. The fraction of sp³-hybridized carbons (Fsp3) is 0.280. The Morgan fingerprint density at radius 2 is 1.19 bits per heavy atom. The van der Waals surface area contributed by atoms with Gasteiger partial charge in [0, 0.05) is 0 Å². The average molecular weight is 462 g/mol. The summed E-state index contributed by atoms with van der Waals surface area (Å²) in [6.07, 6.45) is 1.71. The molecular weight excluding hydrogens is 434 g/mol. The number of para-hydroxylation sites is 1. The summed E-state index contributed by atoms with van der Waals surface area (Å²) in [4.78, 5) is 12.4. The maximum absolute atomic E-state index is 12.4. The Bertz CT molecular complexity index is 1070. The molecule has 0 aliphatic rings. The maximum Gasteiger partial charge on any atom is 1.00 e. The molecule has 0 bridgehead atoms. The van der Waals surface area contributed by atoms with Crippen LogP contribution in [0, 0.1) is 27.7 Å². The first-order valence-electron chi connectivity index (χ1n) is 10.2. The summed E-state index contributed by atoms with van der Waals surface area (Å²) < 4.78 is 28.2. The van der Waals surface area contributed by atoms with Gasteiger partial charge in [-0.1, -0.05) is 42.5 Å². The summed E-state index contributed by atoms with van der Waals surface area (Å²) in [5.41, 5.74) is 6.12. The van der Waals surface area contributed by atoms with Crippen LogP contribution < -0.4 is 48.2 Å². The molecule has 3 aromatic rings. The van der Waals surface area contributed by atoms with Crippen molar-refractivity contribution in [3.8, 4) is 17.2 Å². The van der Waals surface area contributed by atoms with Crippen LogP contribution in [-0.4, -0.2) is 7.11 Å². The van der Waals surface area contributed by atoms with Gasteiger partial charge in [0.2, 0.25) is 0 Å². The van der Waals surface area contributed by atoms with Crippen molar-refractivity contribution in [3.63, 3.8) is 0 Å². The minimum absolute atomic E-state index is 0. The summed E-state index contributed by atoms with van der Waals surface area (Å²) in [6.45, 7) is 7.79. The predicted octanol–water partition coefficient (Wildman–Crippen LogP) is 2.64. The molecule has 7 heteroatoms. The number of hydrogen-bond acceptors (Lipinski definition) is 5. The van der Waals surface area contributed by atoms with Crippen molar-refractivity contribution in [2.75, 3.05) is 7.11 Å². The molecule has 0 radical (unpaired) electrons. The molecule has 0 heterocycles. The normalized spacial score (nSPS) is 12.4. The van der Waals surface area contributed by atoms with Crippen molar-refractivity contribution < 1.29 is 52.8 Å². The van der Waals surface area contributed by atoms with Crippen molar-refractivity contribution in [3.05, 3.63) is 88.0 Å². The summed E-state index contributed by atoms with van der Waals surface area (Å²) in [6, 6.07) is 16.6. The van der Waals surface area contributed by atoms with Gasteiger partial charge in [0.25, 0.3) is 0 Å². The van der Waals surface area contributed by atoms with E-state index in [0.717, 1.165) is 46.4 Å². The maximum atomic E-state index is 12.4. The Morgan fingerprint density at radius 3 is 1.62 bits per heavy atom. The molecule has 0 N–H and O–H groups in total. The number of phosphoric acid groups is 1. The van der Waals surface area contributed by atoms with Crippen LogP contribution in [-0.2, 0) is 17.4 Å². The van der Waals surface area contributed by atoms with Gasteiger partial charge in [0.1, 0.15) is 17.2 Å². The monoisotopic (exact) mass is 462 g/mol. The molecule has 0 spiro atoms. The SMILES string of the molecule is COc1c(C)cc(CCc2cc(C)c(OP(=O)([O-])Oc3ccccc3)c(C)c2)cc1C.[Na+]. The van der Waals surface area contributed by atoms with Crippen LogP contribution in [0.4, 0.5) is 0 Å². The van der Waals surface area contributed by atoms with E-state index in [1.807, 2.05) is 26.0 Å².